The number of nitrogens with one attached hydrogen (secondary N) is 2. The summed E-state index contributed by atoms with van der Waals surface area (Å²) in [5.74, 6) is 1.63. The van der Waals surface area contributed by atoms with Crippen LogP contribution in [-0.4, -0.2) is 45.5 Å². The molecule has 0 amide bonds. The molecule has 7 rings (SSSR count). The number of imidazole rings is 1. The van der Waals surface area contributed by atoms with E-state index in [0.717, 1.165) is 51.5 Å². The van der Waals surface area contributed by atoms with Crippen molar-refractivity contribution in [1.29, 1.82) is 0 Å². The molecule has 0 spiro atoms. The lowest BCUT2D eigenvalue weighted by atomic mass is 9.83. The molecule has 3 aliphatic rings. The normalized spacial score (nSPS) is 24.1. The maximum Gasteiger partial charge on any atom is 0.142 e. The zero-order valence-corrected chi connectivity index (χ0v) is 15.7. The van der Waals surface area contributed by atoms with Crippen molar-refractivity contribution < 1.29 is 0 Å². The number of anilines is 1. The van der Waals surface area contributed by atoms with Crippen LogP contribution in [-0.2, 0) is 0 Å². The van der Waals surface area contributed by atoms with Gasteiger partial charge in [-0.1, -0.05) is 30.3 Å². The second-order valence-corrected chi connectivity index (χ2v) is 8.06. The zero-order valence-electron chi connectivity index (χ0n) is 15.7. The number of para-hydroxylation sites is 3. The second kappa shape index (κ2) is 6.31. The third-order valence-electron chi connectivity index (χ3n) is 6.41. The van der Waals surface area contributed by atoms with Crippen LogP contribution in [0.2, 0.25) is 0 Å². The van der Waals surface area contributed by atoms with E-state index in [-0.39, 0.29) is 0 Å². The largest absolute Gasteiger partial charge is 0.380 e. The molecule has 140 valence electrons. The monoisotopic (exact) mass is 369 g/mol. The molecule has 3 saturated heterocycles. The van der Waals surface area contributed by atoms with Gasteiger partial charge in [-0.2, -0.15) is 0 Å². The fourth-order valence-electron chi connectivity index (χ4n) is 4.87. The number of aromatic nitrogens is 3. The lowest BCUT2D eigenvalue weighted by molar-refractivity contribution is 0.0976. The Balaban J connectivity index is 1.49. The van der Waals surface area contributed by atoms with Gasteiger partial charge in [0, 0.05) is 24.2 Å². The number of rotatable bonds is 3. The van der Waals surface area contributed by atoms with Gasteiger partial charge in [-0.25, -0.2) is 4.98 Å². The van der Waals surface area contributed by atoms with E-state index in [9.17, 15) is 0 Å². The van der Waals surface area contributed by atoms with Crippen LogP contribution in [0.3, 0.4) is 0 Å². The highest BCUT2D eigenvalue weighted by molar-refractivity contribution is 5.99. The number of pyridine rings is 1. The van der Waals surface area contributed by atoms with Crippen LogP contribution in [0, 0.1) is 5.92 Å². The van der Waals surface area contributed by atoms with Gasteiger partial charge in [0.25, 0.3) is 0 Å². The van der Waals surface area contributed by atoms with Crippen LogP contribution in [0.1, 0.15) is 12.8 Å². The standard InChI is InChI=1S/C23H23N5/c1-2-6-18-16(5-1)22(25-21-14-28-11-9-15(21)10-12-28)17(13-24-18)23-26-19-7-3-4-8-20(19)27-23/h1-8,13,15,21H,9-12,14H2,(H,24,25)(H,26,27)/t21-/m1/s1. The van der Waals surface area contributed by atoms with Crippen molar-refractivity contribution in [1.82, 2.24) is 19.9 Å². The fraction of sp³-hybridized carbons (Fsp3) is 0.304. The molecule has 0 radical (unpaired) electrons. The van der Waals surface area contributed by atoms with Crippen LogP contribution in [0.15, 0.2) is 54.7 Å². The molecule has 5 nitrogen and oxygen atoms in total. The van der Waals surface area contributed by atoms with Crippen molar-refractivity contribution >= 4 is 27.6 Å². The Labute approximate surface area is 163 Å². The number of piperidine rings is 3. The summed E-state index contributed by atoms with van der Waals surface area (Å²) >= 11 is 0. The van der Waals surface area contributed by atoms with Gasteiger partial charge in [0.05, 0.1) is 27.8 Å². The molecule has 2 N–H and O–H groups in total. The van der Waals surface area contributed by atoms with E-state index in [0.29, 0.717) is 6.04 Å². The number of benzene rings is 2. The summed E-state index contributed by atoms with van der Waals surface area (Å²) in [6.07, 6.45) is 4.55. The van der Waals surface area contributed by atoms with Crippen molar-refractivity contribution in [3.63, 3.8) is 0 Å². The third kappa shape index (κ3) is 2.58. The molecule has 5 heteroatoms. The van der Waals surface area contributed by atoms with E-state index in [2.05, 4.69) is 39.5 Å². The summed E-state index contributed by atoms with van der Waals surface area (Å²) in [6, 6.07) is 17.1. The number of hydrogen-bond acceptors (Lipinski definition) is 4. The highest BCUT2D eigenvalue weighted by Crippen LogP contribution is 2.37. The predicted octanol–water partition coefficient (Wildman–Crippen LogP) is 4.28. The molecular formula is C23H23N5. The Morgan fingerprint density at radius 3 is 2.54 bits per heavy atom. The molecule has 0 unspecified atom stereocenters. The molecule has 2 aromatic heterocycles. The van der Waals surface area contributed by atoms with Crippen LogP contribution in [0.4, 0.5) is 5.69 Å². The molecule has 28 heavy (non-hydrogen) atoms. The maximum absolute atomic E-state index is 4.85. The molecule has 3 fully saturated rings. The van der Waals surface area contributed by atoms with Gasteiger partial charge in [-0.05, 0) is 50.0 Å². The molecule has 2 bridgehead atoms. The molecule has 0 aliphatic carbocycles. The predicted molar refractivity (Wildman–Crippen MR) is 113 cm³/mol. The van der Waals surface area contributed by atoms with Gasteiger partial charge in [0.1, 0.15) is 5.82 Å². The zero-order chi connectivity index (χ0) is 18.5. The summed E-state index contributed by atoms with van der Waals surface area (Å²) < 4.78 is 0. The van der Waals surface area contributed by atoms with Gasteiger partial charge >= 0.3 is 0 Å². The number of nitrogens with zero attached hydrogens (tertiary/aromatic N) is 3. The molecule has 1 atom stereocenters. The molecular weight excluding hydrogens is 346 g/mol. The van der Waals surface area contributed by atoms with E-state index >= 15 is 0 Å². The van der Waals surface area contributed by atoms with E-state index in [1.807, 2.05) is 30.5 Å². The van der Waals surface area contributed by atoms with Gasteiger partial charge in [0.15, 0.2) is 0 Å². The van der Waals surface area contributed by atoms with Crippen molar-refractivity contribution in [2.45, 2.75) is 18.9 Å². The number of hydrogen-bond donors (Lipinski definition) is 2. The summed E-state index contributed by atoms with van der Waals surface area (Å²) in [5, 5.41) is 5.09. The van der Waals surface area contributed by atoms with E-state index in [1.54, 1.807) is 0 Å². The first-order valence-corrected chi connectivity index (χ1v) is 10.2. The Kier molecular flexibility index (Phi) is 3.62. The Morgan fingerprint density at radius 1 is 0.964 bits per heavy atom. The highest BCUT2D eigenvalue weighted by Gasteiger charge is 2.34. The number of fused-ring (bicyclic) bond motifs is 5. The minimum Gasteiger partial charge on any atom is -0.380 e. The van der Waals surface area contributed by atoms with Crippen LogP contribution >= 0.6 is 0 Å². The van der Waals surface area contributed by atoms with Crippen molar-refractivity contribution in [3.05, 3.63) is 54.7 Å². The Bertz CT molecular complexity index is 1120. The smallest absolute Gasteiger partial charge is 0.142 e. The molecule has 5 heterocycles. The van der Waals surface area contributed by atoms with Crippen LogP contribution < -0.4 is 5.32 Å². The topological polar surface area (TPSA) is 56.8 Å². The molecule has 0 saturated carbocycles. The first-order chi connectivity index (χ1) is 13.8. The van der Waals surface area contributed by atoms with Crippen molar-refractivity contribution in [3.8, 4) is 11.4 Å². The lowest BCUT2D eigenvalue weighted by Crippen LogP contribution is -2.53. The van der Waals surface area contributed by atoms with E-state index in [1.165, 1.54) is 25.9 Å². The third-order valence-corrected chi connectivity index (χ3v) is 6.41. The first kappa shape index (κ1) is 16.1. The quantitative estimate of drug-likeness (QED) is 0.566. The van der Waals surface area contributed by atoms with Gasteiger partial charge in [-0.15, -0.1) is 0 Å². The van der Waals surface area contributed by atoms with Crippen LogP contribution in [0.5, 0.6) is 0 Å². The van der Waals surface area contributed by atoms with Gasteiger partial charge in [0.2, 0.25) is 0 Å². The second-order valence-electron chi connectivity index (χ2n) is 8.06. The Hall–Kier alpha value is -2.92. The lowest BCUT2D eigenvalue weighted by Gasteiger charge is -2.45. The number of aromatic amines is 1. The maximum atomic E-state index is 4.85. The van der Waals surface area contributed by atoms with Gasteiger partial charge < -0.3 is 15.2 Å². The minimum absolute atomic E-state index is 0.483. The SMILES string of the molecule is c1ccc2[nH]c(-c3cnc4ccccc4c3N[C@@H]3CN4CCC3CC4)nc2c1. The van der Waals surface area contributed by atoms with E-state index < -0.39 is 0 Å². The summed E-state index contributed by atoms with van der Waals surface area (Å²) in [7, 11) is 0. The minimum atomic E-state index is 0.483. The summed E-state index contributed by atoms with van der Waals surface area (Å²) in [6.45, 7) is 3.62. The number of H-pyrrole nitrogens is 1. The molecule has 4 aromatic rings. The van der Waals surface area contributed by atoms with Crippen molar-refractivity contribution in [2.24, 2.45) is 5.92 Å². The Morgan fingerprint density at radius 2 is 1.75 bits per heavy atom. The van der Waals surface area contributed by atoms with Crippen molar-refractivity contribution in [2.75, 3.05) is 25.0 Å². The molecule has 2 aromatic carbocycles. The average molecular weight is 369 g/mol. The van der Waals surface area contributed by atoms with E-state index in [4.69, 9.17) is 9.97 Å². The molecule has 3 aliphatic heterocycles. The summed E-state index contributed by atoms with van der Waals surface area (Å²) in [4.78, 5) is 15.6. The average Bonchev–Trinajstić information content (AvgIpc) is 3.19. The van der Waals surface area contributed by atoms with Crippen LogP contribution in [0.25, 0.3) is 33.3 Å². The fourth-order valence-corrected chi connectivity index (χ4v) is 4.87. The summed E-state index contributed by atoms with van der Waals surface area (Å²) in [5.41, 5.74) is 5.26. The highest BCUT2D eigenvalue weighted by atomic mass is 15.2. The first-order valence-electron chi connectivity index (χ1n) is 10.2. The van der Waals surface area contributed by atoms with Gasteiger partial charge in [-0.3, -0.25) is 4.98 Å².